The van der Waals surface area contributed by atoms with Gasteiger partial charge in [0.05, 0.1) is 0 Å². The fourth-order valence-corrected chi connectivity index (χ4v) is 5.98. The van der Waals surface area contributed by atoms with Crippen molar-refractivity contribution in [1.82, 2.24) is 15.2 Å². The first-order valence-corrected chi connectivity index (χ1v) is 12.3. The summed E-state index contributed by atoms with van der Waals surface area (Å²) in [5.41, 5.74) is 6.72. The first-order chi connectivity index (χ1) is 15.1. The highest BCUT2D eigenvalue weighted by Gasteiger charge is 2.47. The Morgan fingerprint density at radius 2 is 1.97 bits per heavy atom. The highest BCUT2D eigenvalue weighted by atomic mass is 16.2. The van der Waals surface area contributed by atoms with E-state index in [0.29, 0.717) is 17.9 Å². The van der Waals surface area contributed by atoms with Crippen molar-refractivity contribution in [3.63, 3.8) is 0 Å². The van der Waals surface area contributed by atoms with Crippen molar-refractivity contribution in [3.8, 4) is 0 Å². The molecule has 6 nitrogen and oxygen atoms in total. The molecule has 1 aromatic rings. The Bertz CT molecular complexity index is 760. The summed E-state index contributed by atoms with van der Waals surface area (Å²) in [5, 5.41) is 3.72. The molecule has 0 saturated heterocycles. The Morgan fingerprint density at radius 3 is 2.68 bits per heavy atom. The quantitative estimate of drug-likeness (QED) is 0.659. The number of amides is 1. The van der Waals surface area contributed by atoms with Crippen LogP contribution < -0.4 is 11.1 Å². The number of nitrogens with two attached hydrogens (primary N) is 1. The van der Waals surface area contributed by atoms with Crippen LogP contribution in [0.5, 0.6) is 0 Å². The highest BCUT2D eigenvalue weighted by molar-refractivity contribution is 6.06. The van der Waals surface area contributed by atoms with Crippen LogP contribution in [-0.2, 0) is 11.3 Å². The van der Waals surface area contributed by atoms with Gasteiger partial charge in [0.2, 0.25) is 0 Å². The van der Waals surface area contributed by atoms with E-state index in [1.807, 2.05) is 18.5 Å². The lowest BCUT2D eigenvalue weighted by atomic mass is 9.74. The number of likely N-dealkylation sites (N-methyl/N-ethyl adjacent to an activating group) is 1. The van der Waals surface area contributed by atoms with E-state index in [4.69, 9.17) is 10.7 Å². The van der Waals surface area contributed by atoms with Crippen LogP contribution >= 0.6 is 0 Å². The number of pyridine rings is 1. The maximum atomic E-state index is 13.3. The molecule has 2 aliphatic carbocycles. The summed E-state index contributed by atoms with van der Waals surface area (Å²) in [6.45, 7) is 0.852. The number of nitrogens with one attached hydrogen (secondary N) is 1. The second-order valence-corrected chi connectivity index (χ2v) is 10.1. The lowest BCUT2D eigenvalue weighted by Crippen LogP contribution is -2.44. The van der Waals surface area contributed by atoms with Gasteiger partial charge < -0.3 is 11.1 Å². The van der Waals surface area contributed by atoms with E-state index in [9.17, 15) is 4.79 Å². The molecule has 3 N–H and O–H groups in total. The maximum Gasteiger partial charge on any atom is 0.257 e. The Kier molecular flexibility index (Phi) is 7.26. The van der Waals surface area contributed by atoms with Crippen molar-refractivity contribution in [1.29, 1.82) is 0 Å². The molecule has 1 unspecified atom stereocenters. The molecule has 3 aliphatic rings. The minimum atomic E-state index is -0.633. The third kappa shape index (κ3) is 5.46. The van der Waals surface area contributed by atoms with E-state index in [1.165, 1.54) is 56.9 Å². The van der Waals surface area contributed by atoms with Crippen LogP contribution in [0.3, 0.4) is 0 Å². The van der Waals surface area contributed by atoms with Gasteiger partial charge in [-0.15, -0.1) is 0 Å². The molecule has 0 aromatic carbocycles. The molecule has 1 aliphatic heterocycles. The summed E-state index contributed by atoms with van der Waals surface area (Å²) < 4.78 is 0. The molecule has 6 heteroatoms. The molecule has 170 valence electrons. The van der Waals surface area contributed by atoms with Gasteiger partial charge in [-0.05, 0) is 55.6 Å². The van der Waals surface area contributed by atoms with Crippen molar-refractivity contribution in [2.24, 2.45) is 22.6 Å². The molecule has 1 aromatic heterocycles. The molecular formula is C25H39N5O. The number of nitrogens with zero attached hydrogens (tertiary/aromatic N) is 3. The highest BCUT2D eigenvalue weighted by Crippen LogP contribution is 2.40. The number of hydrogen-bond donors (Lipinski definition) is 2. The van der Waals surface area contributed by atoms with Crippen molar-refractivity contribution in [3.05, 3.63) is 30.1 Å². The van der Waals surface area contributed by atoms with Gasteiger partial charge in [0, 0.05) is 32.0 Å². The Balaban J connectivity index is 1.38. The molecule has 2 saturated carbocycles. The molecule has 1 amide bonds. The van der Waals surface area contributed by atoms with Crippen LogP contribution in [0.25, 0.3) is 0 Å². The predicted octanol–water partition coefficient (Wildman–Crippen LogP) is 4.01. The van der Waals surface area contributed by atoms with Crippen LogP contribution in [0.15, 0.2) is 29.5 Å². The summed E-state index contributed by atoms with van der Waals surface area (Å²) in [5.74, 6) is 1.78. The van der Waals surface area contributed by atoms with E-state index in [0.717, 1.165) is 38.1 Å². The van der Waals surface area contributed by atoms with Gasteiger partial charge in [0.25, 0.3) is 5.91 Å². The van der Waals surface area contributed by atoms with Crippen LogP contribution in [0.1, 0.15) is 82.6 Å². The molecular weight excluding hydrogens is 386 g/mol. The smallest absolute Gasteiger partial charge is 0.257 e. The summed E-state index contributed by atoms with van der Waals surface area (Å²) >= 11 is 0. The van der Waals surface area contributed by atoms with Crippen molar-refractivity contribution >= 4 is 11.9 Å². The average Bonchev–Trinajstić information content (AvgIpc) is 3.01. The topological polar surface area (TPSA) is 83.6 Å². The minimum Gasteiger partial charge on any atom is -0.369 e. The molecule has 4 rings (SSSR count). The van der Waals surface area contributed by atoms with Crippen molar-refractivity contribution in [2.45, 2.75) is 95.2 Å². The van der Waals surface area contributed by atoms with Gasteiger partial charge >= 0.3 is 0 Å². The Hall–Kier alpha value is -1.95. The van der Waals surface area contributed by atoms with E-state index >= 15 is 0 Å². The van der Waals surface area contributed by atoms with E-state index < -0.39 is 5.54 Å². The number of rotatable bonds is 8. The van der Waals surface area contributed by atoms with Crippen LogP contribution in [0, 0.1) is 11.8 Å². The molecule has 3 atom stereocenters. The van der Waals surface area contributed by atoms with Gasteiger partial charge in [-0.1, -0.05) is 51.0 Å². The summed E-state index contributed by atoms with van der Waals surface area (Å²) in [6.07, 6.45) is 17.9. The molecule has 31 heavy (non-hydrogen) atoms. The minimum absolute atomic E-state index is 0.117. The fraction of sp³-hybridized carbons (Fsp3) is 0.720. The summed E-state index contributed by atoms with van der Waals surface area (Å²) in [4.78, 5) is 23.9. The normalized spacial score (nSPS) is 29.9. The van der Waals surface area contributed by atoms with Crippen LogP contribution in [0.4, 0.5) is 0 Å². The van der Waals surface area contributed by atoms with E-state index in [-0.39, 0.29) is 5.91 Å². The van der Waals surface area contributed by atoms with Crippen molar-refractivity contribution < 1.29 is 4.79 Å². The molecule has 2 heterocycles. The Morgan fingerprint density at radius 1 is 1.16 bits per heavy atom. The zero-order valence-electron chi connectivity index (χ0n) is 19.1. The van der Waals surface area contributed by atoms with Gasteiger partial charge in [0.15, 0.2) is 5.96 Å². The Labute approximate surface area is 187 Å². The number of aliphatic imine (C=N–C) groups is 1. The number of aromatic nitrogens is 1. The molecule has 0 radical (unpaired) electrons. The number of hydrogen-bond acceptors (Lipinski definition) is 5. The maximum absolute atomic E-state index is 13.3. The van der Waals surface area contributed by atoms with E-state index in [1.54, 1.807) is 11.9 Å². The zero-order chi connectivity index (χ0) is 21.7. The molecule has 0 spiro atoms. The molecule has 0 bridgehead atoms. The van der Waals surface area contributed by atoms with Gasteiger partial charge in [0.1, 0.15) is 5.54 Å². The largest absolute Gasteiger partial charge is 0.369 e. The second-order valence-electron chi connectivity index (χ2n) is 10.1. The lowest BCUT2D eigenvalue weighted by Gasteiger charge is -2.35. The summed E-state index contributed by atoms with van der Waals surface area (Å²) in [7, 11) is 1.78. The van der Waals surface area contributed by atoms with Gasteiger partial charge in [-0.25, -0.2) is 4.99 Å². The average molecular weight is 426 g/mol. The third-order valence-corrected chi connectivity index (χ3v) is 7.79. The van der Waals surface area contributed by atoms with Crippen LogP contribution in [-0.4, -0.2) is 40.4 Å². The number of carbonyl (C=O) groups is 1. The number of carbonyl (C=O) groups excluding carboxylic acids is 1. The zero-order valence-corrected chi connectivity index (χ0v) is 19.1. The van der Waals surface area contributed by atoms with E-state index in [2.05, 4.69) is 16.4 Å². The van der Waals surface area contributed by atoms with Gasteiger partial charge in [-0.2, -0.15) is 0 Å². The standard InChI is InChI=1S/C25H39N5O/c1-30-23(31)25(29-24(30)26,13-12-19-7-3-2-4-8-19)16-20-9-5-11-22(15-20)28-18-21-10-6-14-27-17-21/h6,10,14,17,19-20,22,28H,2-5,7-9,11-13,15-16,18H2,1H3,(H2,26,29)/t20?,22-,25-/m1/s1. The SMILES string of the molecule is CN1C(=O)[C@@](CCC2CCCCC2)(CC2CCC[C@@H](NCc3cccnc3)C2)N=C1N. The first kappa shape index (κ1) is 22.3. The van der Waals surface area contributed by atoms with Gasteiger partial charge in [-0.3, -0.25) is 14.7 Å². The monoisotopic (exact) mass is 425 g/mol. The second kappa shape index (κ2) is 10.1. The first-order valence-electron chi connectivity index (χ1n) is 12.3. The fourth-order valence-electron chi connectivity index (χ4n) is 5.98. The lowest BCUT2D eigenvalue weighted by molar-refractivity contribution is -0.131. The van der Waals surface area contributed by atoms with Crippen LogP contribution in [0.2, 0.25) is 0 Å². The predicted molar refractivity (Wildman–Crippen MR) is 124 cm³/mol. The van der Waals surface area contributed by atoms with Crippen molar-refractivity contribution in [2.75, 3.05) is 7.05 Å². The third-order valence-electron chi connectivity index (χ3n) is 7.79. The summed E-state index contributed by atoms with van der Waals surface area (Å²) in [6, 6.07) is 4.59. The number of guanidine groups is 1. The molecule has 2 fully saturated rings.